The van der Waals surface area contributed by atoms with E-state index in [2.05, 4.69) is 4.74 Å². The Morgan fingerprint density at radius 3 is 1.91 bits per heavy atom. The maximum absolute atomic E-state index is 12.5. The van der Waals surface area contributed by atoms with E-state index < -0.39 is 29.6 Å². The highest BCUT2D eigenvalue weighted by molar-refractivity contribution is 5.71. The molecule has 0 radical (unpaired) electrons. The Morgan fingerprint density at radius 1 is 0.818 bits per heavy atom. The Labute approximate surface area is 120 Å². The van der Waals surface area contributed by atoms with Crippen LogP contribution < -0.4 is 4.74 Å². The molecule has 0 saturated heterocycles. The summed E-state index contributed by atoms with van der Waals surface area (Å²) < 4.78 is 78.2. The molecule has 0 aliphatic rings. The van der Waals surface area contributed by atoms with E-state index in [4.69, 9.17) is 0 Å². The fourth-order valence-electron chi connectivity index (χ4n) is 1.80. The number of rotatable bonds is 2. The van der Waals surface area contributed by atoms with Gasteiger partial charge in [0.15, 0.2) is 0 Å². The minimum absolute atomic E-state index is 0.0900. The van der Waals surface area contributed by atoms with Crippen LogP contribution in [0.2, 0.25) is 0 Å². The summed E-state index contributed by atoms with van der Waals surface area (Å²) >= 11 is 0. The number of alkyl halides is 6. The normalized spacial score (nSPS) is 12.3. The van der Waals surface area contributed by atoms with Gasteiger partial charge in [0.05, 0.1) is 5.56 Å². The van der Waals surface area contributed by atoms with E-state index in [1.54, 1.807) is 0 Å². The van der Waals surface area contributed by atoms with Gasteiger partial charge in [-0.25, -0.2) is 0 Å². The molecule has 0 spiro atoms. The number of phenols is 1. The topological polar surface area (TPSA) is 29.5 Å². The third kappa shape index (κ3) is 3.84. The van der Waals surface area contributed by atoms with Gasteiger partial charge in [0.25, 0.3) is 0 Å². The van der Waals surface area contributed by atoms with Gasteiger partial charge >= 0.3 is 12.5 Å². The van der Waals surface area contributed by atoms with E-state index in [0.717, 1.165) is 42.5 Å². The number of ether oxygens (including phenoxy) is 1. The predicted octanol–water partition coefficient (Wildman–Crippen LogP) is 4.98. The van der Waals surface area contributed by atoms with Crippen molar-refractivity contribution in [3.05, 3.63) is 48.0 Å². The Bertz CT molecular complexity index is 659. The molecule has 0 atom stereocenters. The molecule has 0 bridgehead atoms. The van der Waals surface area contributed by atoms with Crippen LogP contribution in [-0.4, -0.2) is 11.5 Å². The van der Waals surface area contributed by atoms with Crippen molar-refractivity contribution in [1.29, 1.82) is 0 Å². The highest BCUT2D eigenvalue weighted by Gasteiger charge is 2.33. The monoisotopic (exact) mass is 322 g/mol. The number of hydrogen-bond acceptors (Lipinski definition) is 2. The Balaban J connectivity index is 2.44. The summed E-state index contributed by atoms with van der Waals surface area (Å²) in [5, 5.41) is 9.24. The highest BCUT2D eigenvalue weighted by Crippen LogP contribution is 2.37. The lowest BCUT2D eigenvalue weighted by molar-refractivity contribution is -0.274. The first-order valence-corrected chi connectivity index (χ1v) is 5.83. The van der Waals surface area contributed by atoms with Crippen molar-refractivity contribution >= 4 is 0 Å². The van der Waals surface area contributed by atoms with E-state index in [-0.39, 0.29) is 11.1 Å². The Kier molecular flexibility index (Phi) is 3.95. The third-order valence-corrected chi connectivity index (χ3v) is 2.71. The first-order chi connectivity index (χ1) is 10.1. The van der Waals surface area contributed by atoms with E-state index in [9.17, 15) is 31.4 Å². The van der Waals surface area contributed by atoms with Gasteiger partial charge in [0, 0.05) is 11.6 Å². The van der Waals surface area contributed by atoms with Crippen LogP contribution in [0.15, 0.2) is 42.5 Å². The first-order valence-electron chi connectivity index (χ1n) is 5.83. The van der Waals surface area contributed by atoms with Crippen molar-refractivity contribution in [3.63, 3.8) is 0 Å². The second kappa shape index (κ2) is 5.43. The second-order valence-electron chi connectivity index (χ2n) is 4.30. The largest absolute Gasteiger partial charge is 0.573 e. The molecule has 0 unspecified atom stereocenters. The van der Waals surface area contributed by atoms with E-state index in [0.29, 0.717) is 0 Å². The standard InChI is InChI=1S/C14H8F6O2/c15-13(16,17)9-3-1-8(2-4-9)11-6-5-10(21)7-12(11)22-14(18,19)20/h1-7,21H. The molecule has 0 aliphatic carbocycles. The smallest absolute Gasteiger partial charge is 0.508 e. The molecule has 8 heteroatoms. The molecule has 0 aliphatic heterocycles. The molecule has 1 N–H and O–H groups in total. The van der Waals surface area contributed by atoms with Crippen LogP contribution in [0.1, 0.15) is 5.56 Å². The van der Waals surface area contributed by atoms with Crippen LogP contribution in [-0.2, 0) is 6.18 Å². The van der Waals surface area contributed by atoms with Crippen molar-refractivity contribution in [2.24, 2.45) is 0 Å². The van der Waals surface area contributed by atoms with Crippen LogP contribution in [0.25, 0.3) is 11.1 Å². The van der Waals surface area contributed by atoms with Crippen LogP contribution in [0.4, 0.5) is 26.3 Å². The number of hydrogen-bond donors (Lipinski definition) is 1. The van der Waals surface area contributed by atoms with Crippen molar-refractivity contribution in [2.45, 2.75) is 12.5 Å². The summed E-state index contributed by atoms with van der Waals surface area (Å²) in [4.78, 5) is 0. The maximum Gasteiger partial charge on any atom is 0.573 e. The lowest BCUT2D eigenvalue weighted by Crippen LogP contribution is -2.17. The van der Waals surface area contributed by atoms with Crippen molar-refractivity contribution in [2.75, 3.05) is 0 Å². The molecule has 0 heterocycles. The Morgan fingerprint density at radius 2 is 1.41 bits per heavy atom. The van der Waals surface area contributed by atoms with Gasteiger partial charge in [0.2, 0.25) is 0 Å². The molecule has 0 saturated carbocycles. The van der Waals surface area contributed by atoms with Crippen LogP contribution in [0.3, 0.4) is 0 Å². The SMILES string of the molecule is Oc1ccc(-c2ccc(C(F)(F)F)cc2)c(OC(F)(F)F)c1. The van der Waals surface area contributed by atoms with Gasteiger partial charge in [0.1, 0.15) is 11.5 Å². The maximum atomic E-state index is 12.5. The molecule has 2 aromatic carbocycles. The van der Waals surface area contributed by atoms with Gasteiger partial charge in [-0.2, -0.15) is 13.2 Å². The van der Waals surface area contributed by atoms with Crippen LogP contribution >= 0.6 is 0 Å². The van der Waals surface area contributed by atoms with Crippen molar-refractivity contribution in [1.82, 2.24) is 0 Å². The summed E-state index contributed by atoms with van der Waals surface area (Å²) in [5.41, 5.74) is -0.926. The summed E-state index contributed by atoms with van der Waals surface area (Å²) in [6, 6.07) is 6.52. The molecule has 2 nitrogen and oxygen atoms in total. The first kappa shape index (κ1) is 16.0. The third-order valence-electron chi connectivity index (χ3n) is 2.71. The molecule has 0 aromatic heterocycles. The average Bonchev–Trinajstić information content (AvgIpc) is 2.36. The second-order valence-corrected chi connectivity index (χ2v) is 4.30. The number of benzene rings is 2. The molecular weight excluding hydrogens is 314 g/mol. The van der Waals surface area contributed by atoms with Gasteiger partial charge in [-0.15, -0.1) is 13.2 Å². The highest BCUT2D eigenvalue weighted by atomic mass is 19.4. The zero-order chi connectivity index (χ0) is 16.5. The molecule has 118 valence electrons. The predicted molar refractivity (Wildman–Crippen MR) is 65.2 cm³/mol. The average molecular weight is 322 g/mol. The van der Waals surface area contributed by atoms with E-state index in [1.165, 1.54) is 0 Å². The quantitative estimate of drug-likeness (QED) is 0.791. The molecule has 2 aromatic rings. The molecule has 0 amide bonds. The van der Waals surface area contributed by atoms with Crippen molar-refractivity contribution < 1.29 is 36.2 Å². The minimum atomic E-state index is -4.99. The van der Waals surface area contributed by atoms with Crippen LogP contribution in [0, 0.1) is 0 Å². The summed E-state index contributed by atoms with van der Waals surface area (Å²) in [5.74, 6) is -1.16. The number of aromatic hydroxyl groups is 1. The Hall–Kier alpha value is -2.38. The minimum Gasteiger partial charge on any atom is -0.508 e. The van der Waals surface area contributed by atoms with Gasteiger partial charge < -0.3 is 9.84 Å². The molecule has 0 fully saturated rings. The number of halogens is 6. The summed E-state index contributed by atoms with van der Waals surface area (Å²) in [7, 11) is 0. The van der Waals surface area contributed by atoms with Gasteiger partial charge in [-0.1, -0.05) is 12.1 Å². The van der Waals surface area contributed by atoms with Crippen LogP contribution in [0.5, 0.6) is 11.5 Å². The van der Waals surface area contributed by atoms with Gasteiger partial charge in [-0.3, -0.25) is 0 Å². The number of phenolic OH excluding ortho intramolecular Hbond substituents is 1. The molecular formula is C14H8F6O2. The molecule has 2 rings (SSSR count). The van der Waals surface area contributed by atoms with Crippen molar-refractivity contribution in [3.8, 4) is 22.6 Å². The zero-order valence-corrected chi connectivity index (χ0v) is 10.7. The summed E-state index contributed by atoms with van der Waals surface area (Å²) in [6.07, 6.45) is -9.53. The zero-order valence-electron chi connectivity index (χ0n) is 10.7. The van der Waals surface area contributed by atoms with Gasteiger partial charge in [-0.05, 0) is 29.8 Å². The fourth-order valence-corrected chi connectivity index (χ4v) is 1.80. The fraction of sp³-hybridized carbons (Fsp3) is 0.143. The lowest BCUT2D eigenvalue weighted by atomic mass is 10.0. The molecule has 22 heavy (non-hydrogen) atoms. The lowest BCUT2D eigenvalue weighted by Gasteiger charge is -2.14. The summed E-state index contributed by atoms with van der Waals surface area (Å²) in [6.45, 7) is 0. The van der Waals surface area contributed by atoms with E-state index >= 15 is 0 Å². The van der Waals surface area contributed by atoms with E-state index in [1.807, 2.05) is 0 Å².